The van der Waals surface area contributed by atoms with Crippen LogP contribution in [-0.4, -0.2) is 16.8 Å². The van der Waals surface area contributed by atoms with E-state index in [0.717, 1.165) is 5.92 Å². The SMILES string of the molecule is BrCCC1CCCSC1. The zero-order valence-corrected chi connectivity index (χ0v) is 8.01. The van der Waals surface area contributed by atoms with E-state index in [9.17, 15) is 0 Å². The Balaban J connectivity index is 2.08. The van der Waals surface area contributed by atoms with Gasteiger partial charge in [-0.05, 0) is 36.7 Å². The average Bonchev–Trinajstić information content (AvgIpc) is 1.91. The van der Waals surface area contributed by atoms with Crippen LogP contribution in [0.3, 0.4) is 0 Å². The standard InChI is InChI=1S/C7H13BrS/c8-4-3-7-2-1-5-9-6-7/h7H,1-6H2. The molecule has 1 atom stereocenters. The van der Waals surface area contributed by atoms with E-state index < -0.39 is 0 Å². The van der Waals surface area contributed by atoms with E-state index in [1.165, 1.54) is 36.1 Å². The molecule has 0 spiro atoms. The summed E-state index contributed by atoms with van der Waals surface area (Å²) in [5.41, 5.74) is 0. The van der Waals surface area contributed by atoms with Gasteiger partial charge in [-0.25, -0.2) is 0 Å². The second-order valence-corrected chi connectivity index (χ2v) is 4.50. The first-order valence-corrected chi connectivity index (χ1v) is 5.85. The molecule has 1 saturated heterocycles. The molecule has 0 N–H and O–H groups in total. The molecular weight excluding hydrogens is 196 g/mol. The predicted octanol–water partition coefficient (Wildman–Crippen LogP) is 2.91. The zero-order valence-electron chi connectivity index (χ0n) is 5.61. The van der Waals surface area contributed by atoms with E-state index in [4.69, 9.17) is 0 Å². The molecule has 0 amide bonds. The van der Waals surface area contributed by atoms with Gasteiger partial charge in [0.25, 0.3) is 0 Å². The highest BCUT2D eigenvalue weighted by atomic mass is 79.9. The highest BCUT2D eigenvalue weighted by Crippen LogP contribution is 2.25. The molecule has 0 saturated carbocycles. The van der Waals surface area contributed by atoms with Crippen LogP contribution in [0, 0.1) is 5.92 Å². The van der Waals surface area contributed by atoms with Crippen molar-refractivity contribution in [2.45, 2.75) is 19.3 Å². The number of hydrogen-bond acceptors (Lipinski definition) is 1. The number of hydrogen-bond donors (Lipinski definition) is 0. The van der Waals surface area contributed by atoms with Crippen molar-refractivity contribution in [3.05, 3.63) is 0 Å². The van der Waals surface area contributed by atoms with Crippen LogP contribution in [0.4, 0.5) is 0 Å². The molecule has 54 valence electrons. The third kappa shape index (κ3) is 2.94. The Kier molecular flexibility index (Phi) is 4.07. The molecular formula is C7H13BrS. The summed E-state index contributed by atoms with van der Waals surface area (Å²) in [5.74, 6) is 3.83. The third-order valence-corrected chi connectivity index (χ3v) is 3.51. The zero-order chi connectivity index (χ0) is 6.53. The Labute approximate surface area is 69.9 Å². The van der Waals surface area contributed by atoms with E-state index in [1.807, 2.05) is 0 Å². The fourth-order valence-corrected chi connectivity index (χ4v) is 3.04. The van der Waals surface area contributed by atoms with Gasteiger partial charge in [-0.15, -0.1) is 0 Å². The van der Waals surface area contributed by atoms with Gasteiger partial charge in [0.1, 0.15) is 0 Å². The molecule has 1 unspecified atom stereocenters. The van der Waals surface area contributed by atoms with Crippen molar-refractivity contribution >= 4 is 27.7 Å². The minimum Gasteiger partial charge on any atom is -0.162 e. The van der Waals surface area contributed by atoms with E-state index in [0.29, 0.717) is 0 Å². The molecule has 2 heteroatoms. The lowest BCUT2D eigenvalue weighted by molar-refractivity contribution is 0.513. The molecule has 0 bridgehead atoms. The lowest BCUT2D eigenvalue weighted by Crippen LogP contribution is -2.10. The molecule has 0 aromatic heterocycles. The minimum atomic E-state index is 1.02. The van der Waals surface area contributed by atoms with Gasteiger partial charge in [-0.1, -0.05) is 15.9 Å². The van der Waals surface area contributed by atoms with E-state index in [2.05, 4.69) is 27.7 Å². The van der Waals surface area contributed by atoms with Crippen LogP contribution in [0.1, 0.15) is 19.3 Å². The summed E-state index contributed by atoms with van der Waals surface area (Å²) >= 11 is 5.60. The Morgan fingerprint density at radius 1 is 1.56 bits per heavy atom. The number of rotatable bonds is 2. The lowest BCUT2D eigenvalue weighted by Gasteiger charge is -2.19. The molecule has 1 heterocycles. The summed E-state index contributed by atoms with van der Waals surface area (Å²) in [6, 6.07) is 0. The van der Waals surface area contributed by atoms with Crippen molar-refractivity contribution < 1.29 is 0 Å². The summed E-state index contributed by atoms with van der Waals surface area (Å²) in [6.07, 6.45) is 4.30. The van der Waals surface area contributed by atoms with Crippen LogP contribution in [-0.2, 0) is 0 Å². The molecule has 1 rings (SSSR count). The maximum Gasteiger partial charge on any atom is 0.00342 e. The molecule has 0 aromatic carbocycles. The van der Waals surface area contributed by atoms with Gasteiger partial charge in [0, 0.05) is 5.33 Å². The van der Waals surface area contributed by atoms with Gasteiger partial charge in [-0.2, -0.15) is 11.8 Å². The minimum absolute atomic E-state index is 1.02. The maximum absolute atomic E-state index is 3.48. The van der Waals surface area contributed by atoms with Gasteiger partial charge < -0.3 is 0 Å². The summed E-state index contributed by atoms with van der Waals surface area (Å²) in [6.45, 7) is 0. The lowest BCUT2D eigenvalue weighted by atomic mass is 10.0. The number of halogens is 1. The maximum atomic E-state index is 3.48. The molecule has 0 aliphatic carbocycles. The van der Waals surface area contributed by atoms with Gasteiger partial charge in [0.2, 0.25) is 0 Å². The fourth-order valence-electron chi connectivity index (χ4n) is 1.19. The Hall–Kier alpha value is 0.830. The van der Waals surface area contributed by atoms with Crippen LogP contribution >= 0.6 is 27.7 Å². The molecule has 0 nitrogen and oxygen atoms in total. The molecule has 0 aromatic rings. The topological polar surface area (TPSA) is 0 Å². The van der Waals surface area contributed by atoms with Crippen LogP contribution in [0.25, 0.3) is 0 Å². The second kappa shape index (κ2) is 4.62. The average molecular weight is 209 g/mol. The van der Waals surface area contributed by atoms with Gasteiger partial charge in [0.15, 0.2) is 0 Å². The largest absolute Gasteiger partial charge is 0.162 e. The molecule has 1 aliphatic heterocycles. The van der Waals surface area contributed by atoms with Gasteiger partial charge in [-0.3, -0.25) is 0 Å². The normalized spacial score (nSPS) is 28.3. The first-order chi connectivity index (χ1) is 4.43. The van der Waals surface area contributed by atoms with Crippen molar-refractivity contribution in [3.8, 4) is 0 Å². The van der Waals surface area contributed by atoms with Crippen LogP contribution in [0.5, 0.6) is 0 Å². The first-order valence-electron chi connectivity index (χ1n) is 3.57. The van der Waals surface area contributed by atoms with Crippen molar-refractivity contribution in [2.75, 3.05) is 16.8 Å². The second-order valence-electron chi connectivity index (χ2n) is 2.56. The first kappa shape index (κ1) is 7.93. The van der Waals surface area contributed by atoms with Crippen molar-refractivity contribution in [3.63, 3.8) is 0 Å². The number of alkyl halides is 1. The van der Waals surface area contributed by atoms with E-state index in [-0.39, 0.29) is 0 Å². The predicted molar refractivity (Wildman–Crippen MR) is 48.5 cm³/mol. The Morgan fingerprint density at radius 3 is 3.00 bits per heavy atom. The molecule has 0 radical (unpaired) electrons. The Bertz CT molecular complexity index is 66.6. The molecule has 1 aliphatic rings. The van der Waals surface area contributed by atoms with Crippen LogP contribution < -0.4 is 0 Å². The highest BCUT2D eigenvalue weighted by molar-refractivity contribution is 9.09. The van der Waals surface area contributed by atoms with Crippen molar-refractivity contribution in [2.24, 2.45) is 5.92 Å². The summed E-state index contributed by atoms with van der Waals surface area (Å²) in [4.78, 5) is 0. The van der Waals surface area contributed by atoms with E-state index in [1.54, 1.807) is 0 Å². The Morgan fingerprint density at radius 2 is 2.44 bits per heavy atom. The van der Waals surface area contributed by atoms with Crippen molar-refractivity contribution in [1.82, 2.24) is 0 Å². The monoisotopic (exact) mass is 208 g/mol. The van der Waals surface area contributed by atoms with Crippen molar-refractivity contribution in [1.29, 1.82) is 0 Å². The molecule has 9 heavy (non-hydrogen) atoms. The van der Waals surface area contributed by atoms with E-state index >= 15 is 0 Å². The number of thioether (sulfide) groups is 1. The summed E-state index contributed by atoms with van der Waals surface area (Å²) in [5, 5.41) is 1.19. The van der Waals surface area contributed by atoms with Crippen LogP contribution in [0.2, 0.25) is 0 Å². The molecule has 1 fully saturated rings. The summed E-state index contributed by atoms with van der Waals surface area (Å²) in [7, 11) is 0. The van der Waals surface area contributed by atoms with Gasteiger partial charge in [0.05, 0.1) is 0 Å². The summed E-state index contributed by atoms with van der Waals surface area (Å²) < 4.78 is 0. The van der Waals surface area contributed by atoms with Gasteiger partial charge >= 0.3 is 0 Å². The fraction of sp³-hybridized carbons (Fsp3) is 1.00. The quantitative estimate of drug-likeness (QED) is 0.630. The third-order valence-electron chi connectivity index (χ3n) is 1.77. The van der Waals surface area contributed by atoms with Crippen LogP contribution in [0.15, 0.2) is 0 Å². The highest BCUT2D eigenvalue weighted by Gasteiger charge is 2.11. The smallest absolute Gasteiger partial charge is 0.00342 e.